The molecule has 0 bridgehead atoms. The number of hydrogen-bond acceptors (Lipinski definition) is 5. The molecule has 2 aromatic heterocycles. The predicted octanol–water partition coefficient (Wildman–Crippen LogP) is 4.07. The number of nitrogens with zero attached hydrogens (tertiary/aromatic N) is 4. The Kier molecular flexibility index (Phi) is 3.38. The van der Waals surface area contributed by atoms with E-state index < -0.39 is 0 Å². The number of rotatable bonds is 3. The van der Waals surface area contributed by atoms with Gasteiger partial charge >= 0.3 is 0 Å². The second-order valence-electron chi connectivity index (χ2n) is 6.04. The zero-order valence-corrected chi connectivity index (χ0v) is 14.0. The van der Waals surface area contributed by atoms with E-state index in [1.807, 2.05) is 19.2 Å². The first-order valence-corrected chi connectivity index (χ1v) is 8.48. The van der Waals surface area contributed by atoms with E-state index in [0.29, 0.717) is 0 Å². The lowest BCUT2D eigenvalue weighted by Gasteiger charge is -2.23. The molecule has 0 spiro atoms. The molecular formula is C17H16N4O2S. The third-order valence-electron chi connectivity index (χ3n) is 4.16. The molecule has 6 nitrogen and oxygen atoms in total. The fourth-order valence-electron chi connectivity index (χ4n) is 3.17. The van der Waals surface area contributed by atoms with E-state index >= 15 is 0 Å². The average molecular weight is 340 g/mol. The van der Waals surface area contributed by atoms with Gasteiger partial charge in [-0.3, -0.25) is 10.1 Å². The summed E-state index contributed by atoms with van der Waals surface area (Å²) in [4.78, 5) is 18.7. The Bertz CT molecular complexity index is 972. The maximum atomic E-state index is 11.2. The van der Waals surface area contributed by atoms with Crippen LogP contribution in [0.4, 0.5) is 11.4 Å². The van der Waals surface area contributed by atoms with Crippen molar-refractivity contribution in [3.05, 3.63) is 52.9 Å². The summed E-state index contributed by atoms with van der Waals surface area (Å²) < 4.78 is 3.18. The topological polar surface area (TPSA) is 64.2 Å². The number of anilines is 1. The van der Waals surface area contributed by atoms with Crippen molar-refractivity contribution in [1.29, 1.82) is 0 Å². The maximum Gasteiger partial charge on any atom is 0.270 e. The summed E-state index contributed by atoms with van der Waals surface area (Å²) in [5.74, 6) is 0.929. The number of hydrogen-bond donors (Lipinski definition) is 0. The van der Waals surface area contributed by atoms with Crippen molar-refractivity contribution in [3.63, 3.8) is 0 Å². The molecule has 0 aliphatic carbocycles. The summed E-state index contributed by atoms with van der Waals surface area (Å²) in [6, 6.07) is 5.07. The number of thiophene rings is 1. The average Bonchev–Trinajstić information content (AvgIpc) is 3.11. The number of aromatic nitrogens is 2. The lowest BCUT2D eigenvalue weighted by atomic mass is 10.1. The third kappa shape index (κ3) is 2.28. The zero-order chi connectivity index (χ0) is 16.8. The van der Waals surface area contributed by atoms with Crippen LogP contribution in [0.25, 0.3) is 20.8 Å². The summed E-state index contributed by atoms with van der Waals surface area (Å²) in [6.07, 6.45) is 3.79. The minimum atomic E-state index is -0.343. The predicted molar refractivity (Wildman–Crippen MR) is 96.7 cm³/mol. The molecule has 0 saturated heterocycles. The van der Waals surface area contributed by atoms with Crippen LogP contribution in [-0.2, 0) is 6.54 Å². The molecule has 0 fully saturated rings. The van der Waals surface area contributed by atoms with E-state index in [-0.39, 0.29) is 10.6 Å². The van der Waals surface area contributed by atoms with Crippen molar-refractivity contribution >= 4 is 32.8 Å². The molecule has 122 valence electrons. The Morgan fingerprint density at radius 1 is 1.46 bits per heavy atom. The van der Waals surface area contributed by atoms with Gasteiger partial charge in [-0.25, -0.2) is 4.98 Å². The van der Waals surface area contributed by atoms with E-state index in [1.165, 1.54) is 0 Å². The van der Waals surface area contributed by atoms with Crippen LogP contribution in [0.3, 0.4) is 0 Å². The highest BCUT2D eigenvalue weighted by molar-refractivity contribution is 7.23. The normalized spacial score (nSPS) is 13.5. The number of non-ortho nitro benzene ring substituents is 1. The van der Waals surface area contributed by atoms with Crippen molar-refractivity contribution in [2.24, 2.45) is 0 Å². The minimum Gasteiger partial charge on any atom is -0.364 e. The van der Waals surface area contributed by atoms with Gasteiger partial charge in [-0.05, 0) is 13.0 Å². The van der Waals surface area contributed by atoms with Gasteiger partial charge in [0, 0.05) is 54.2 Å². The monoisotopic (exact) mass is 340 g/mol. The number of nitro groups is 1. The maximum absolute atomic E-state index is 11.2. The number of benzene rings is 1. The highest BCUT2D eigenvalue weighted by atomic mass is 32.1. The number of fused-ring (bicyclic) bond motifs is 5. The SMILES string of the molecule is C=C(C)CN1CCn2ccnc2-c2sc3ccc([N+](=O)[O-])cc3c21. The van der Waals surface area contributed by atoms with Crippen LogP contribution in [0.15, 0.2) is 42.7 Å². The largest absolute Gasteiger partial charge is 0.364 e. The number of imidazole rings is 1. The number of nitro benzene ring substituents is 1. The first-order chi connectivity index (χ1) is 11.5. The van der Waals surface area contributed by atoms with Gasteiger partial charge in [0.15, 0.2) is 5.82 Å². The van der Waals surface area contributed by atoms with E-state index in [2.05, 4.69) is 21.0 Å². The Balaban J connectivity index is 2.00. The fraction of sp³-hybridized carbons (Fsp3) is 0.235. The summed E-state index contributed by atoms with van der Waals surface area (Å²) in [5.41, 5.74) is 2.21. The van der Waals surface area contributed by atoms with E-state index in [4.69, 9.17) is 0 Å². The van der Waals surface area contributed by atoms with Gasteiger partial charge in [0.25, 0.3) is 5.69 Å². The van der Waals surface area contributed by atoms with Crippen molar-refractivity contribution in [1.82, 2.24) is 9.55 Å². The quantitative estimate of drug-likeness (QED) is 0.409. The van der Waals surface area contributed by atoms with E-state index in [9.17, 15) is 10.1 Å². The molecule has 0 amide bonds. The van der Waals surface area contributed by atoms with Crippen LogP contribution < -0.4 is 4.90 Å². The third-order valence-corrected chi connectivity index (χ3v) is 5.32. The molecule has 0 radical (unpaired) electrons. The zero-order valence-electron chi connectivity index (χ0n) is 13.2. The Morgan fingerprint density at radius 2 is 2.29 bits per heavy atom. The molecule has 7 heteroatoms. The lowest BCUT2D eigenvalue weighted by molar-refractivity contribution is -0.384. The first kappa shape index (κ1) is 14.9. The summed E-state index contributed by atoms with van der Waals surface area (Å²) in [5, 5.41) is 12.1. The Hall–Kier alpha value is -2.67. The van der Waals surface area contributed by atoms with Gasteiger partial charge in [0.2, 0.25) is 0 Å². The van der Waals surface area contributed by atoms with E-state index in [1.54, 1.807) is 29.7 Å². The van der Waals surface area contributed by atoms with Gasteiger partial charge in [0.1, 0.15) is 0 Å². The molecule has 3 heterocycles. The molecule has 0 atom stereocenters. The van der Waals surface area contributed by atoms with E-state index in [0.717, 1.165) is 51.7 Å². The summed E-state index contributed by atoms with van der Waals surface area (Å²) >= 11 is 1.63. The van der Waals surface area contributed by atoms with Crippen molar-refractivity contribution in [3.8, 4) is 10.7 Å². The van der Waals surface area contributed by atoms with Crippen LogP contribution in [-0.4, -0.2) is 27.6 Å². The Morgan fingerprint density at radius 3 is 3.04 bits per heavy atom. The summed E-state index contributed by atoms with van der Waals surface area (Å²) in [7, 11) is 0. The second-order valence-corrected chi connectivity index (χ2v) is 7.09. The smallest absolute Gasteiger partial charge is 0.270 e. The molecule has 24 heavy (non-hydrogen) atoms. The molecular weight excluding hydrogens is 324 g/mol. The molecule has 1 aliphatic heterocycles. The minimum absolute atomic E-state index is 0.117. The van der Waals surface area contributed by atoms with Crippen LogP contribution >= 0.6 is 11.3 Å². The molecule has 0 unspecified atom stereocenters. The van der Waals surface area contributed by atoms with Gasteiger partial charge in [-0.1, -0.05) is 12.2 Å². The molecule has 0 N–H and O–H groups in total. The van der Waals surface area contributed by atoms with Crippen molar-refractivity contribution in [2.75, 3.05) is 18.0 Å². The summed E-state index contributed by atoms with van der Waals surface area (Å²) in [6.45, 7) is 8.41. The lowest BCUT2D eigenvalue weighted by Crippen LogP contribution is -2.27. The highest BCUT2D eigenvalue weighted by Gasteiger charge is 2.26. The van der Waals surface area contributed by atoms with Gasteiger partial charge in [-0.2, -0.15) is 0 Å². The van der Waals surface area contributed by atoms with Crippen LogP contribution in [0.5, 0.6) is 0 Å². The molecule has 1 aromatic carbocycles. The fourth-order valence-corrected chi connectivity index (χ4v) is 4.39. The second kappa shape index (κ2) is 5.45. The van der Waals surface area contributed by atoms with Gasteiger partial charge in [0.05, 0.1) is 15.5 Å². The van der Waals surface area contributed by atoms with Crippen LogP contribution in [0.1, 0.15) is 6.92 Å². The van der Waals surface area contributed by atoms with Crippen molar-refractivity contribution in [2.45, 2.75) is 13.5 Å². The van der Waals surface area contributed by atoms with Gasteiger partial charge < -0.3 is 9.47 Å². The highest BCUT2D eigenvalue weighted by Crippen LogP contribution is 2.46. The molecule has 1 aliphatic rings. The molecule has 3 aromatic rings. The Labute approximate surface area is 142 Å². The standard InChI is InChI=1S/C17H16N4O2S/c1-11(2)10-20-8-7-19-6-5-18-17(19)16-15(20)13-9-12(21(22)23)3-4-14(13)24-16/h3-6,9H,1,7-8,10H2,2H3. The van der Waals surface area contributed by atoms with Gasteiger partial charge in [-0.15, -0.1) is 11.3 Å². The van der Waals surface area contributed by atoms with Crippen molar-refractivity contribution < 1.29 is 4.92 Å². The molecule has 4 rings (SSSR count). The van der Waals surface area contributed by atoms with Crippen LogP contribution in [0, 0.1) is 10.1 Å². The van der Waals surface area contributed by atoms with Crippen LogP contribution in [0.2, 0.25) is 0 Å². The molecule has 0 saturated carbocycles. The first-order valence-electron chi connectivity index (χ1n) is 7.66.